The Morgan fingerprint density at radius 2 is 1.94 bits per heavy atom. The number of rotatable bonds is 15. The highest BCUT2D eigenvalue weighted by atomic mass is 16.6. The molecular weight excluding hydrogens is 837 g/mol. The van der Waals surface area contributed by atoms with Crippen LogP contribution in [0.5, 0.6) is 17.2 Å². The summed E-state index contributed by atoms with van der Waals surface area (Å²) in [7, 11) is 1.70. The van der Waals surface area contributed by atoms with Crippen LogP contribution < -0.4 is 24.8 Å². The Kier molecular flexibility index (Phi) is 14.0. The molecule has 0 radical (unpaired) electrons. The lowest BCUT2D eigenvalue weighted by atomic mass is 9.71. The molecule has 15 nitrogen and oxygen atoms in total. The number of hydrogen-bond donors (Lipinski definition) is 5. The summed E-state index contributed by atoms with van der Waals surface area (Å²) in [5, 5.41) is 58.2. The zero-order chi connectivity index (χ0) is 46.2. The number of Topliss-reactive ketones (excluding diaryl/α,β-unsaturated/α-hetero) is 1. The van der Waals surface area contributed by atoms with Gasteiger partial charge in [0.05, 0.1) is 48.4 Å². The van der Waals surface area contributed by atoms with Gasteiger partial charge in [0, 0.05) is 68.5 Å². The van der Waals surface area contributed by atoms with Crippen LogP contribution in [0.2, 0.25) is 0 Å². The van der Waals surface area contributed by atoms with Crippen molar-refractivity contribution < 1.29 is 63.6 Å². The van der Waals surface area contributed by atoms with Crippen molar-refractivity contribution in [3.05, 3.63) is 67.9 Å². The highest BCUT2D eigenvalue weighted by molar-refractivity contribution is 6.11. The first-order chi connectivity index (χ1) is 31.3. The molecule has 352 valence electrons. The van der Waals surface area contributed by atoms with Crippen molar-refractivity contribution >= 4 is 29.7 Å². The van der Waals surface area contributed by atoms with Crippen molar-refractivity contribution in [1.29, 1.82) is 0 Å². The molecule has 15 heteroatoms. The summed E-state index contributed by atoms with van der Waals surface area (Å²) in [6.45, 7) is 7.29. The third-order valence-electron chi connectivity index (χ3n) is 14.7. The first kappa shape index (κ1) is 47.0. The van der Waals surface area contributed by atoms with Crippen LogP contribution in [0.1, 0.15) is 113 Å². The van der Waals surface area contributed by atoms with E-state index in [9.17, 15) is 39.9 Å². The van der Waals surface area contributed by atoms with Crippen LogP contribution in [0.4, 0.5) is 0 Å². The predicted molar refractivity (Wildman–Crippen MR) is 237 cm³/mol. The van der Waals surface area contributed by atoms with E-state index in [0.29, 0.717) is 55.4 Å². The molecule has 3 fully saturated rings. The smallest absolute Gasteiger partial charge is 0.375 e. The van der Waals surface area contributed by atoms with Gasteiger partial charge in [-0.2, -0.15) is 0 Å². The maximum atomic E-state index is 14.2. The Hall–Kier alpha value is -4.48. The van der Waals surface area contributed by atoms with Crippen LogP contribution >= 0.6 is 0 Å². The third kappa shape index (κ3) is 9.05. The molecule has 0 aromatic heterocycles. The van der Waals surface area contributed by atoms with E-state index in [2.05, 4.69) is 16.8 Å². The molecule has 0 amide bonds. The number of ether oxygens (including phenoxy) is 5. The number of aliphatic hydroxyl groups excluding tert-OH is 2. The number of likely N-dealkylation sites (tertiary alicyclic amines) is 1. The number of allylic oxidation sites excluding steroid dienone is 3. The summed E-state index contributed by atoms with van der Waals surface area (Å²) in [4.78, 5) is 48.6. The number of aldehydes is 1. The SMILES string of the molecule is CCOC(=O)C1=C(C=O)C(=C2C[C@H](CO)C(=O)[C@@H](c3ccc4c(c3)=CCN=4)C2)c2c(c(CO)c3c(c2O[C@@H]2CCCC(O)(O)C2)C[C@@H]([C@](C)(O)[C@@H]2CCN(CCCOC)[C@H](CC)C2)O3)O1. The second kappa shape index (κ2) is 19.4. The number of aliphatic hydroxyl groups is 5. The van der Waals surface area contributed by atoms with Gasteiger partial charge in [-0.1, -0.05) is 24.6 Å². The van der Waals surface area contributed by atoms with E-state index in [1.807, 2.05) is 24.3 Å². The van der Waals surface area contributed by atoms with E-state index in [1.165, 1.54) is 0 Å². The Morgan fingerprint density at radius 1 is 1.12 bits per heavy atom. The first-order valence-electron chi connectivity index (χ1n) is 23.4. The van der Waals surface area contributed by atoms with E-state index in [1.54, 1.807) is 21.0 Å². The molecule has 2 aromatic carbocycles. The average molecular weight is 901 g/mol. The topological polar surface area (TPSA) is 214 Å². The fourth-order valence-electron chi connectivity index (χ4n) is 11.2. The molecule has 6 aliphatic rings. The number of benzene rings is 2. The minimum Gasteiger partial charge on any atom is -0.489 e. The number of methoxy groups -OCH3 is 1. The molecule has 4 heterocycles. The molecule has 2 saturated carbocycles. The third-order valence-corrected chi connectivity index (χ3v) is 14.7. The molecule has 0 bridgehead atoms. The molecule has 8 rings (SSSR count). The van der Waals surface area contributed by atoms with E-state index in [-0.39, 0.29) is 96.0 Å². The van der Waals surface area contributed by atoms with Crippen molar-refractivity contribution in [2.75, 3.05) is 46.6 Å². The van der Waals surface area contributed by atoms with Gasteiger partial charge in [0.2, 0.25) is 5.76 Å². The number of fused-ring (bicyclic) bond motifs is 3. The van der Waals surface area contributed by atoms with Gasteiger partial charge < -0.3 is 54.1 Å². The second-order valence-corrected chi connectivity index (χ2v) is 18.8. The molecule has 1 saturated heterocycles. The summed E-state index contributed by atoms with van der Waals surface area (Å²) in [6.07, 6.45) is 5.36. The predicted octanol–water partition coefficient (Wildman–Crippen LogP) is 3.09. The first-order valence-corrected chi connectivity index (χ1v) is 23.4. The Bertz CT molecular complexity index is 2370. The minimum absolute atomic E-state index is 0.0223. The monoisotopic (exact) mass is 900 g/mol. The van der Waals surface area contributed by atoms with Crippen molar-refractivity contribution in [1.82, 2.24) is 4.90 Å². The lowest BCUT2D eigenvalue weighted by Gasteiger charge is -2.46. The van der Waals surface area contributed by atoms with Crippen molar-refractivity contribution in [2.24, 2.45) is 16.8 Å². The van der Waals surface area contributed by atoms with Crippen LogP contribution in [-0.2, 0) is 36.9 Å². The molecule has 65 heavy (non-hydrogen) atoms. The maximum absolute atomic E-state index is 14.2. The van der Waals surface area contributed by atoms with E-state index >= 15 is 0 Å². The molecule has 0 unspecified atom stereocenters. The Morgan fingerprint density at radius 3 is 2.65 bits per heavy atom. The molecule has 7 atom stereocenters. The van der Waals surface area contributed by atoms with Crippen LogP contribution in [0.15, 0.2) is 40.1 Å². The Labute approximate surface area is 379 Å². The largest absolute Gasteiger partial charge is 0.489 e. The summed E-state index contributed by atoms with van der Waals surface area (Å²) >= 11 is 0. The van der Waals surface area contributed by atoms with Gasteiger partial charge in [0.25, 0.3) is 0 Å². The van der Waals surface area contributed by atoms with E-state index < -0.39 is 60.4 Å². The van der Waals surface area contributed by atoms with Gasteiger partial charge >= 0.3 is 5.97 Å². The van der Waals surface area contributed by atoms with Gasteiger partial charge in [-0.15, -0.1) is 0 Å². The maximum Gasteiger partial charge on any atom is 0.375 e. The normalized spacial score (nSPS) is 28.2. The molecule has 5 N–H and O–H groups in total. The zero-order valence-electron chi connectivity index (χ0n) is 38.0. The van der Waals surface area contributed by atoms with Crippen molar-refractivity contribution in [3.63, 3.8) is 0 Å². The standard InChI is InChI=1S/C50H64N2O13/c1-5-33-22-32(13-17-52(33)16-8-18-61-4)49(3,58)40-23-36-44(64-40)38(27-55)46-42(45(36)63-34-9-7-14-50(59,60)24-34)41(37(26-54)47(65-46)48(57)62-6-2)30-20-31(25-53)43(56)35(21-30)28-10-11-39-29(19-28)12-15-51-39/h10-12,19,26,31-35,40,53,55,58-60H,5-9,13-18,20-25,27H2,1-4H3/t31-,32-,33-,34-,35-,40+,49-/m1/s1. The summed E-state index contributed by atoms with van der Waals surface area (Å²) in [5.41, 5.74) is 0.872. The van der Waals surface area contributed by atoms with Crippen molar-refractivity contribution in [2.45, 2.75) is 134 Å². The number of ketones is 1. The molecule has 0 spiro atoms. The number of piperidine rings is 1. The lowest BCUT2D eigenvalue weighted by Crippen LogP contribution is -2.54. The lowest BCUT2D eigenvalue weighted by molar-refractivity contribution is -0.196. The highest BCUT2D eigenvalue weighted by Crippen LogP contribution is 2.58. The van der Waals surface area contributed by atoms with Crippen molar-refractivity contribution in [3.8, 4) is 17.2 Å². The number of esters is 1. The number of carbonyl (C=O) groups is 3. The minimum atomic E-state index is -2.01. The summed E-state index contributed by atoms with van der Waals surface area (Å²) in [5.74, 6) is -4.93. The van der Waals surface area contributed by atoms with Gasteiger partial charge in [-0.05, 0) is 101 Å². The van der Waals surface area contributed by atoms with Gasteiger partial charge in [-0.3, -0.25) is 14.6 Å². The van der Waals surface area contributed by atoms with Crippen LogP contribution in [0, 0.1) is 11.8 Å². The fourth-order valence-corrected chi connectivity index (χ4v) is 11.2. The summed E-state index contributed by atoms with van der Waals surface area (Å²) in [6, 6.07) is 5.88. The Balaban J connectivity index is 1.30. The van der Waals surface area contributed by atoms with Crippen LogP contribution in [0.3, 0.4) is 0 Å². The second-order valence-electron chi connectivity index (χ2n) is 18.8. The zero-order valence-corrected chi connectivity index (χ0v) is 38.0. The van der Waals surface area contributed by atoms with E-state index in [4.69, 9.17) is 23.7 Å². The summed E-state index contributed by atoms with van der Waals surface area (Å²) < 4.78 is 31.0. The number of nitrogens with zero attached hydrogens (tertiary/aromatic N) is 2. The fraction of sp³-hybridized carbons (Fsp3) is 0.600. The van der Waals surface area contributed by atoms with E-state index in [0.717, 1.165) is 42.9 Å². The molecule has 4 aliphatic heterocycles. The van der Waals surface area contributed by atoms with Gasteiger partial charge in [0.15, 0.2) is 12.1 Å². The average Bonchev–Trinajstić information content (AvgIpc) is 3.97. The van der Waals surface area contributed by atoms with Gasteiger partial charge in [0.1, 0.15) is 40.8 Å². The number of hydrogen-bond acceptors (Lipinski definition) is 15. The van der Waals surface area contributed by atoms with Crippen LogP contribution in [0.25, 0.3) is 11.6 Å². The quantitative estimate of drug-likeness (QED) is 0.0753. The number of carbonyl (C=O) groups excluding carboxylic acids is 3. The molecule has 2 aromatic rings. The van der Waals surface area contributed by atoms with Gasteiger partial charge in [-0.25, -0.2) is 4.79 Å². The molecule has 2 aliphatic carbocycles. The van der Waals surface area contributed by atoms with Crippen LogP contribution in [-0.4, -0.2) is 125 Å². The highest BCUT2D eigenvalue weighted by Gasteiger charge is 2.51. The molecular formula is C50H64N2O13.